The molecule has 0 radical (unpaired) electrons. The van der Waals surface area contributed by atoms with Crippen molar-refractivity contribution in [3.63, 3.8) is 0 Å². The summed E-state index contributed by atoms with van der Waals surface area (Å²) >= 11 is 0. The van der Waals surface area contributed by atoms with Gasteiger partial charge in [-0.05, 0) is 5.41 Å². The number of ether oxygens (including phenoxy) is 1. The second kappa shape index (κ2) is 5.51. The van der Waals surface area contributed by atoms with Crippen molar-refractivity contribution in [1.29, 1.82) is 0 Å². The van der Waals surface area contributed by atoms with E-state index in [1.54, 1.807) is 7.11 Å². The monoisotopic (exact) mass is 174 g/mol. The Balaban J connectivity index is 3.31. The predicted octanol–water partition coefficient (Wildman–Crippen LogP) is 0.596. The molecule has 0 aromatic heterocycles. The van der Waals surface area contributed by atoms with Crippen molar-refractivity contribution < 1.29 is 4.74 Å². The van der Waals surface area contributed by atoms with Crippen LogP contribution in [0.25, 0.3) is 0 Å². The minimum Gasteiger partial charge on any atom is -0.383 e. The zero-order valence-corrected chi connectivity index (χ0v) is 8.68. The van der Waals surface area contributed by atoms with Crippen LogP contribution in [0.4, 0.5) is 0 Å². The Morgan fingerprint density at radius 1 is 1.42 bits per heavy atom. The van der Waals surface area contributed by atoms with Gasteiger partial charge in [-0.15, -0.1) is 0 Å². The lowest BCUT2D eigenvalue weighted by Gasteiger charge is -2.20. The van der Waals surface area contributed by atoms with Gasteiger partial charge in [0.15, 0.2) is 0 Å². The number of methoxy groups -OCH3 is 1. The molecule has 1 unspecified atom stereocenters. The van der Waals surface area contributed by atoms with Crippen LogP contribution in [0.2, 0.25) is 0 Å². The predicted molar refractivity (Wildman–Crippen MR) is 52.2 cm³/mol. The van der Waals surface area contributed by atoms with E-state index in [-0.39, 0.29) is 6.04 Å². The van der Waals surface area contributed by atoms with E-state index in [2.05, 4.69) is 26.1 Å². The van der Waals surface area contributed by atoms with Crippen molar-refractivity contribution in [3.8, 4) is 0 Å². The summed E-state index contributed by atoms with van der Waals surface area (Å²) in [5.41, 5.74) is 6.05. The summed E-state index contributed by atoms with van der Waals surface area (Å²) in [5, 5.41) is 3.30. The van der Waals surface area contributed by atoms with E-state index in [1.165, 1.54) is 0 Å². The van der Waals surface area contributed by atoms with Gasteiger partial charge < -0.3 is 15.8 Å². The molecule has 3 nitrogen and oxygen atoms in total. The van der Waals surface area contributed by atoms with Crippen LogP contribution in [0.15, 0.2) is 0 Å². The molecular weight excluding hydrogens is 152 g/mol. The number of nitrogens with one attached hydrogen (secondary N) is 1. The van der Waals surface area contributed by atoms with Crippen LogP contribution in [0, 0.1) is 5.41 Å². The quantitative estimate of drug-likeness (QED) is 0.641. The molecule has 0 aliphatic carbocycles. The third kappa shape index (κ3) is 7.98. The molecule has 74 valence electrons. The Morgan fingerprint density at radius 3 is 2.42 bits per heavy atom. The van der Waals surface area contributed by atoms with Crippen LogP contribution in [0.5, 0.6) is 0 Å². The highest BCUT2D eigenvalue weighted by atomic mass is 16.5. The van der Waals surface area contributed by atoms with Crippen LogP contribution < -0.4 is 11.1 Å². The summed E-state index contributed by atoms with van der Waals surface area (Å²) in [5.74, 6) is 0. The number of nitrogens with two attached hydrogens (primary N) is 1. The first kappa shape index (κ1) is 11.9. The Kier molecular flexibility index (Phi) is 5.46. The number of hydrogen-bond acceptors (Lipinski definition) is 3. The molecule has 12 heavy (non-hydrogen) atoms. The standard InChI is InChI=1S/C9H22N2O/c1-9(2,3)7-11-5-8(10)6-12-4/h8,11H,5-7,10H2,1-4H3. The van der Waals surface area contributed by atoms with Crippen molar-refractivity contribution in [3.05, 3.63) is 0 Å². The van der Waals surface area contributed by atoms with E-state index in [1.807, 2.05) is 0 Å². The highest BCUT2D eigenvalue weighted by Crippen LogP contribution is 2.09. The van der Waals surface area contributed by atoms with Gasteiger partial charge in [0.2, 0.25) is 0 Å². The Hall–Kier alpha value is -0.120. The summed E-state index contributed by atoms with van der Waals surface area (Å²) in [6.07, 6.45) is 0. The lowest BCUT2D eigenvalue weighted by Crippen LogP contribution is -2.40. The summed E-state index contributed by atoms with van der Waals surface area (Å²) in [6, 6.07) is 0.109. The minimum atomic E-state index is 0.109. The van der Waals surface area contributed by atoms with E-state index in [0.29, 0.717) is 12.0 Å². The second-order valence-corrected chi connectivity index (χ2v) is 4.41. The number of rotatable bonds is 5. The van der Waals surface area contributed by atoms with Gasteiger partial charge in [-0.3, -0.25) is 0 Å². The fraction of sp³-hybridized carbons (Fsp3) is 1.00. The smallest absolute Gasteiger partial charge is 0.0626 e. The summed E-state index contributed by atoms with van der Waals surface area (Å²) in [4.78, 5) is 0. The molecular formula is C9H22N2O. The van der Waals surface area contributed by atoms with Crippen LogP contribution in [-0.2, 0) is 4.74 Å². The Bertz CT molecular complexity index is 110. The topological polar surface area (TPSA) is 47.3 Å². The molecule has 0 aliphatic heterocycles. The minimum absolute atomic E-state index is 0.109. The fourth-order valence-corrected chi connectivity index (χ4v) is 0.906. The summed E-state index contributed by atoms with van der Waals surface area (Å²) in [7, 11) is 1.67. The molecule has 0 aromatic carbocycles. The molecule has 1 atom stereocenters. The van der Waals surface area contributed by atoms with Crippen molar-refractivity contribution in [2.45, 2.75) is 26.8 Å². The molecule has 0 fully saturated rings. The van der Waals surface area contributed by atoms with Gasteiger partial charge in [-0.1, -0.05) is 20.8 Å². The molecule has 0 saturated carbocycles. The highest BCUT2D eigenvalue weighted by molar-refractivity contribution is 4.69. The third-order valence-electron chi connectivity index (χ3n) is 1.44. The van der Waals surface area contributed by atoms with E-state index < -0.39 is 0 Å². The van der Waals surface area contributed by atoms with Gasteiger partial charge in [0.25, 0.3) is 0 Å². The molecule has 0 aromatic rings. The maximum atomic E-state index is 5.73. The first-order valence-electron chi connectivity index (χ1n) is 4.41. The number of hydrogen-bond donors (Lipinski definition) is 2. The molecule has 3 N–H and O–H groups in total. The molecule has 0 rings (SSSR count). The van der Waals surface area contributed by atoms with Gasteiger partial charge >= 0.3 is 0 Å². The third-order valence-corrected chi connectivity index (χ3v) is 1.44. The van der Waals surface area contributed by atoms with Crippen molar-refractivity contribution in [1.82, 2.24) is 5.32 Å². The SMILES string of the molecule is COCC(N)CNCC(C)(C)C. The van der Waals surface area contributed by atoms with Gasteiger partial charge in [0.05, 0.1) is 6.61 Å². The van der Waals surface area contributed by atoms with Gasteiger partial charge in [0, 0.05) is 26.2 Å². The van der Waals surface area contributed by atoms with Crippen molar-refractivity contribution in [2.75, 3.05) is 26.8 Å². The van der Waals surface area contributed by atoms with Crippen molar-refractivity contribution >= 4 is 0 Å². The highest BCUT2D eigenvalue weighted by Gasteiger charge is 2.09. The van der Waals surface area contributed by atoms with E-state index in [9.17, 15) is 0 Å². The van der Waals surface area contributed by atoms with Crippen LogP contribution in [0.1, 0.15) is 20.8 Å². The largest absolute Gasteiger partial charge is 0.383 e. The average molecular weight is 174 g/mol. The van der Waals surface area contributed by atoms with E-state index >= 15 is 0 Å². The Morgan fingerprint density at radius 2 is 2.00 bits per heavy atom. The van der Waals surface area contributed by atoms with Crippen LogP contribution >= 0.6 is 0 Å². The normalized spacial score (nSPS) is 14.8. The van der Waals surface area contributed by atoms with Gasteiger partial charge in [0.1, 0.15) is 0 Å². The molecule has 0 heterocycles. The van der Waals surface area contributed by atoms with E-state index in [0.717, 1.165) is 13.1 Å². The molecule has 0 amide bonds. The molecule has 0 spiro atoms. The maximum Gasteiger partial charge on any atom is 0.0626 e. The van der Waals surface area contributed by atoms with Crippen LogP contribution in [-0.4, -0.2) is 32.8 Å². The molecule has 3 heteroatoms. The van der Waals surface area contributed by atoms with Gasteiger partial charge in [-0.2, -0.15) is 0 Å². The van der Waals surface area contributed by atoms with Crippen LogP contribution in [0.3, 0.4) is 0 Å². The van der Waals surface area contributed by atoms with E-state index in [4.69, 9.17) is 10.5 Å². The second-order valence-electron chi connectivity index (χ2n) is 4.41. The van der Waals surface area contributed by atoms with Gasteiger partial charge in [-0.25, -0.2) is 0 Å². The lowest BCUT2D eigenvalue weighted by atomic mass is 9.97. The zero-order valence-electron chi connectivity index (χ0n) is 8.68. The molecule has 0 aliphatic rings. The first-order valence-corrected chi connectivity index (χ1v) is 4.41. The van der Waals surface area contributed by atoms with Crippen molar-refractivity contribution in [2.24, 2.45) is 11.1 Å². The average Bonchev–Trinajstić information content (AvgIpc) is 1.84. The zero-order chi connectivity index (χ0) is 9.61. The first-order chi connectivity index (χ1) is 5.45. The molecule has 0 saturated heterocycles. The summed E-state index contributed by atoms with van der Waals surface area (Å²) < 4.78 is 4.92. The summed E-state index contributed by atoms with van der Waals surface area (Å²) in [6.45, 7) is 9.03. The fourth-order valence-electron chi connectivity index (χ4n) is 0.906. The maximum absolute atomic E-state index is 5.73. The lowest BCUT2D eigenvalue weighted by molar-refractivity contribution is 0.177. The molecule has 0 bridgehead atoms. The Labute approximate surface area is 75.7 Å².